The number of carbonyl (C=O) groups excluding carboxylic acids is 1. The summed E-state index contributed by atoms with van der Waals surface area (Å²) in [6.45, 7) is 4.17. The molecule has 2 atom stereocenters. The van der Waals surface area contributed by atoms with E-state index in [2.05, 4.69) is 129 Å². The quantitative estimate of drug-likeness (QED) is 0.0423. The highest BCUT2D eigenvalue weighted by atomic mass is 16.3. The summed E-state index contributed by atoms with van der Waals surface area (Å²) in [5, 5.41) is 23.1. The first-order valence-electron chi connectivity index (χ1n) is 25.2. The predicted molar refractivity (Wildman–Crippen MR) is 271 cm³/mol. The van der Waals surface area contributed by atoms with E-state index >= 15 is 0 Å². The molecular weight excluding hydrogens is 747 g/mol. The Hall–Kier alpha value is -3.21. The second-order valence-corrected chi connectivity index (χ2v) is 16.5. The molecule has 0 heterocycles. The van der Waals surface area contributed by atoms with E-state index in [-0.39, 0.29) is 12.5 Å². The Kier molecular flexibility index (Phi) is 48.5. The number of amides is 1. The summed E-state index contributed by atoms with van der Waals surface area (Å²) in [5.74, 6) is -0.103. The van der Waals surface area contributed by atoms with Gasteiger partial charge in [0.1, 0.15) is 0 Å². The lowest BCUT2D eigenvalue weighted by atomic mass is 10.0. The molecule has 2 unspecified atom stereocenters. The third-order valence-corrected chi connectivity index (χ3v) is 10.7. The van der Waals surface area contributed by atoms with Crippen LogP contribution in [0.2, 0.25) is 0 Å². The minimum atomic E-state index is -0.883. The van der Waals surface area contributed by atoms with Gasteiger partial charge in [0.15, 0.2) is 0 Å². The SMILES string of the molecule is CC/C=C\C/C=C\C/C=C\C/C=C\C/C=C\C/C=C\C/C=C\C/C=C\CCCCCCC(=O)NC(CO)C(O)/C=C/CC/C=C/CCCCCCCCCCCCCCCC. The van der Waals surface area contributed by atoms with Gasteiger partial charge in [0.25, 0.3) is 0 Å². The van der Waals surface area contributed by atoms with Crippen molar-refractivity contribution in [2.24, 2.45) is 0 Å². The minimum Gasteiger partial charge on any atom is -0.394 e. The van der Waals surface area contributed by atoms with Crippen LogP contribution < -0.4 is 5.32 Å². The van der Waals surface area contributed by atoms with Crippen LogP contribution in [-0.2, 0) is 4.79 Å². The molecule has 0 fully saturated rings. The maximum atomic E-state index is 12.4. The topological polar surface area (TPSA) is 69.6 Å². The van der Waals surface area contributed by atoms with E-state index in [1.165, 1.54) is 89.9 Å². The Balaban J connectivity index is 3.72. The second-order valence-electron chi connectivity index (χ2n) is 16.5. The Morgan fingerprint density at radius 3 is 1.15 bits per heavy atom. The number of aliphatic hydroxyl groups excluding tert-OH is 2. The van der Waals surface area contributed by atoms with Crippen molar-refractivity contribution in [3.8, 4) is 0 Å². The molecule has 4 heteroatoms. The maximum absolute atomic E-state index is 12.4. The zero-order valence-corrected chi connectivity index (χ0v) is 39.6. The standard InChI is InChI=1S/C57H95NO3/c1-3-5-7-9-11-13-15-17-19-21-23-25-26-27-28-29-30-31-32-33-35-37-39-41-43-45-47-49-51-53-57(61)58-55(54-59)56(60)52-50-48-46-44-42-40-38-36-34-24-22-20-18-16-14-12-10-8-6-4-2/h5,7,11,13,17,19,23,25,27-28,30-31,33,35,39,41-42,44,50,52,55-56,59-60H,3-4,6,8-10,12,14-16,18,20-22,24,26,29,32,34,36-38,40,43,45-49,51,53-54H2,1-2H3,(H,58,61)/b7-5-,13-11-,19-17-,25-23-,28-27-,31-30-,35-33-,41-39-,44-42+,52-50+. The second kappa shape index (κ2) is 51.1. The number of unbranched alkanes of at least 4 members (excludes halogenated alkanes) is 19. The maximum Gasteiger partial charge on any atom is 0.220 e. The van der Waals surface area contributed by atoms with E-state index in [1.54, 1.807) is 6.08 Å². The monoisotopic (exact) mass is 842 g/mol. The lowest BCUT2D eigenvalue weighted by Crippen LogP contribution is -2.45. The summed E-state index contributed by atoms with van der Waals surface area (Å²) in [6, 6.07) is -0.663. The van der Waals surface area contributed by atoms with Crippen molar-refractivity contribution in [2.75, 3.05) is 6.61 Å². The lowest BCUT2D eigenvalue weighted by Gasteiger charge is -2.19. The minimum absolute atomic E-state index is 0.103. The molecule has 0 saturated heterocycles. The Morgan fingerprint density at radius 2 is 0.738 bits per heavy atom. The van der Waals surface area contributed by atoms with Gasteiger partial charge in [0.05, 0.1) is 18.8 Å². The molecule has 0 aromatic carbocycles. The Bertz CT molecular complexity index is 1230. The summed E-state index contributed by atoms with van der Waals surface area (Å²) in [6.07, 6.45) is 78.9. The summed E-state index contributed by atoms with van der Waals surface area (Å²) in [5.41, 5.74) is 0. The number of aliphatic hydroxyl groups is 2. The molecule has 0 aromatic heterocycles. The van der Waals surface area contributed by atoms with Gasteiger partial charge in [0.2, 0.25) is 5.91 Å². The van der Waals surface area contributed by atoms with Gasteiger partial charge in [-0.05, 0) is 96.3 Å². The number of nitrogens with one attached hydrogen (secondary N) is 1. The molecule has 4 nitrogen and oxygen atoms in total. The van der Waals surface area contributed by atoms with Gasteiger partial charge < -0.3 is 15.5 Å². The largest absolute Gasteiger partial charge is 0.394 e. The number of hydrogen-bond acceptors (Lipinski definition) is 3. The van der Waals surface area contributed by atoms with Gasteiger partial charge in [-0.3, -0.25) is 4.79 Å². The Labute approximate surface area is 378 Å². The van der Waals surface area contributed by atoms with E-state index in [0.717, 1.165) is 103 Å². The molecule has 1 amide bonds. The average Bonchev–Trinajstić information content (AvgIpc) is 3.26. The van der Waals surface area contributed by atoms with Crippen LogP contribution in [0.1, 0.15) is 213 Å². The molecular formula is C57H95NO3. The van der Waals surface area contributed by atoms with E-state index in [9.17, 15) is 15.0 Å². The summed E-state index contributed by atoms with van der Waals surface area (Å²) < 4.78 is 0. The molecule has 0 rings (SSSR count). The van der Waals surface area contributed by atoms with Crippen LogP contribution in [0.5, 0.6) is 0 Å². The highest BCUT2D eigenvalue weighted by molar-refractivity contribution is 5.76. The molecule has 3 N–H and O–H groups in total. The fraction of sp³-hybridized carbons (Fsp3) is 0.632. The molecule has 0 saturated carbocycles. The molecule has 0 bridgehead atoms. The molecule has 0 aliphatic carbocycles. The van der Waals surface area contributed by atoms with Gasteiger partial charge in [-0.1, -0.05) is 232 Å². The highest BCUT2D eigenvalue weighted by Crippen LogP contribution is 2.14. The fourth-order valence-corrected chi connectivity index (χ4v) is 6.86. The smallest absolute Gasteiger partial charge is 0.220 e. The van der Waals surface area contributed by atoms with E-state index in [4.69, 9.17) is 0 Å². The first-order chi connectivity index (χ1) is 30.2. The van der Waals surface area contributed by atoms with Crippen LogP contribution in [0, 0.1) is 0 Å². The van der Waals surface area contributed by atoms with Crippen molar-refractivity contribution in [3.05, 3.63) is 122 Å². The van der Waals surface area contributed by atoms with E-state index < -0.39 is 12.1 Å². The van der Waals surface area contributed by atoms with E-state index in [1.807, 2.05) is 6.08 Å². The van der Waals surface area contributed by atoms with Crippen molar-refractivity contribution in [1.82, 2.24) is 5.32 Å². The number of rotatable bonds is 44. The van der Waals surface area contributed by atoms with Crippen LogP contribution in [0.3, 0.4) is 0 Å². The van der Waals surface area contributed by atoms with Crippen LogP contribution in [0.4, 0.5) is 0 Å². The molecule has 0 spiro atoms. The molecule has 0 aromatic rings. The number of allylic oxidation sites excluding steroid dienone is 19. The van der Waals surface area contributed by atoms with Gasteiger partial charge in [-0.15, -0.1) is 0 Å². The van der Waals surface area contributed by atoms with Crippen molar-refractivity contribution < 1.29 is 15.0 Å². The third-order valence-electron chi connectivity index (χ3n) is 10.7. The molecule has 346 valence electrons. The van der Waals surface area contributed by atoms with Gasteiger partial charge in [-0.25, -0.2) is 0 Å². The third kappa shape index (κ3) is 47.7. The molecule has 0 aliphatic rings. The highest BCUT2D eigenvalue weighted by Gasteiger charge is 2.17. The summed E-state index contributed by atoms with van der Waals surface area (Å²) in [4.78, 5) is 12.4. The van der Waals surface area contributed by atoms with Crippen molar-refractivity contribution >= 4 is 5.91 Å². The number of hydrogen-bond donors (Lipinski definition) is 3. The summed E-state index contributed by atoms with van der Waals surface area (Å²) in [7, 11) is 0. The zero-order valence-electron chi connectivity index (χ0n) is 39.6. The van der Waals surface area contributed by atoms with Crippen LogP contribution in [0.25, 0.3) is 0 Å². The van der Waals surface area contributed by atoms with E-state index in [0.29, 0.717) is 6.42 Å². The summed E-state index contributed by atoms with van der Waals surface area (Å²) >= 11 is 0. The first-order valence-corrected chi connectivity index (χ1v) is 25.2. The lowest BCUT2D eigenvalue weighted by molar-refractivity contribution is -0.123. The predicted octanol–water partition coefficient (Wildman–Crippen LogP) is 16.5. The van der Waals surface area contributed by atoms with Gasteiger partial charge in [0, 0.05) is 6.42 Å². The molecule has 61 heavy (non-hydrogen) atoms. The number of carbonyl (C=O) groups is 1. The van der Waals surface area contributed by atoms with Crippen molar-refractivity contribution in [3.63, 3.8) is 0 Å². The normalized spacial score (nSPS) is 14.0. The van der Waals surface area contributed by atoms with Crippen LogP contribution in [0.15, 0.2) is 122 Å². The fourth-order valence-electron chi connectivity index (χ4n) is 6.86. The average molecular weight is 842 g/mol. The van der Waals surface area contributed by atoms with Gasteiger partial charge in [-0.2, -0.15) is 0 Å². The van der Waals surface area contributed by atoms with Gasteiger partial charge >= 0.3 is 0 Å². The molecule has 0 aliphatic heterocycles. The Morgan fingerprint density at radius 1 is 0.410 bits per heavy atom. The van der Waals surface area contributed by atoms with Crippen molar-refractivity contribution in [1.29, 1.82) is 0 Å². The first kappa shape index (κ1) is 57.8. The van der Waals surface area contributed by atoms with Crippen molar-refractivity contribution in [2.45, 2.75) is 225 Å². The van der Waals surface area contributed by atoms with Crippen LogP contribution in [-0.4, -0.2) is 34.9 Å². The van der Waals surface area contributed by atoms with Crippen LogP contribution >= 0.6 is 0 Å². The zero-order chi connectivity index (χ0) is 44.2. The molecule has 0 radical (unpaired) electrons.